The smallest absolute Gasteiger partial charge is 0.191 e. The van der Waals surface area contributed by atoms with E-state index in [1.807, 2.05) is 6.92 Å². The van der Waals surface area contributed by atoms with Crippen molar-refractivity contribution in [2.75, 3.05) is 27.0 Å². The molecule has 1 unspecified atom stereocenters. The maximum Gasteiger partial charge on any atom is 0.191 e. The summed E-state index contributed by atoms with van der Waals surface area (Å²) in [7, 11) is 0.198. The van der Waals surface area contributed by atoms with Crippen LogP contribution in [0.25, 0.3) is 0 Å². The molecule has 1 aromatic carbocycles. The van der Waals surface area contributed by atoms with Crippen LogP contribution >= 0.6 is 0 Å². The minimum atomic E-state index is -3.15. The first-order valence-corrected chi connectivity index (χ1v) is 8.51. The van der Waals surface area contributed by atoms with Crippen molar-refractivity contribution < 1.29 is 13.2 Å². The largest absolute Gasteiger partial charge is 0.383 e. The van der Waals surface area contributed by atoms with Gasteiger partial charge in [0.05, 0.1) is 11.5 Å². The molecule has 0 aliphatic rings. The molecule has 21 heavy (non-hydrogen) atoms. The van der Waals surface area contributed by atoms with Crippen LogP contribution in [-0.2, 0) is 21.1 Å². The van der Waals surface area contributed by atoms with Gasteiger partial charge in [0.15, 0.2) is 15.8 Å². The van der Waals surface area contributed by atoms with E-state index >= 15 is 0 Å². The number of nitrogens with zero attached hydrogens (tertiary/aromatic N) is 1. The van der Waals surface area contributed by atoms with E-state index in [4.69, 9.17) is 4.74 Å². The van der Waals surface area contributed by atoms with Crippen molar-refractivity contribution in [2.24, 2.45) is 4.99 Å². The van der Waals surface area contributed by atoms with Gasteiger partial charge in [-0.2, -0.15) is 0 Å². The van der Waals surface area contributed by atoms with Gasteiger partial charge >= 0.3 is 0 Å². The Balaban J connectivity index is 2.58. The van der Waals surface area contributed by atoms with Gasteiger partial charge in [0.2, 0.25) is 0 Å². The molecule has 0 fully saturated rings. The Morgan fingerprint density at radius 1 is 1.33 bits per heavy atom. The second kappa shape index (κ2) is 7.99. The molecule has 0 saturated heterocycles. The Hall–Kier alpha value is -1.60. The van der Waals surface area contributed by atoms with Gasteiger partial charge in [0, 0.05) is 33.0 Å². The Morgan fingerprint density at radius 3 is 2.43 bits per heavy atom. The van der Waals surface area contributed by atoms with Crippen LogP contribution in [0.5, 0.6) is 0 Å². The van der Waals surface area contributed by atoms with E-state index in [1.54, 1.807) is 38.4 Å². The third-order valence-corrected chi connectivity index (χ3v) is 3.96. The van der Waals surface area contributed by atoms with E-state index in [-0.39, 0.29) is 6.04 Å². The molecule has 1 atom stereocenters. The highest BCUT2D eigenvalue weighted by atomic mass is 32.2. The number of rotatable bonds is 6. The van der Waals surface area contributed by atoms with Crippen molar-refractivity contribution in [1.82, 2.24) is 10.6 Å². The molecule has 1 rings (SSSR count). The lowest BCUT2D eigenvalue weighted by molar-refractivity contribution is 0.179. The van der Waals surface area contributed by atoms with Crippen molar-refractivity contribution in [2.45, 2.75) is 24.4 Å². The molecule has 0 aromatic heterocycles. The van der Waals surface area contributed by atoms with Crippen LogP contribution in [0.1, 0.15) is 12.5 Å². The molecule has 0 bridgehead atoms. The lowest BCUT2D eigenvalue weighted by Gasteiger charge is -2.17. The molecule has 0 aliphatic carbocycles. The molecule has 0 saturated carbocycles. The highest BCUT2D eigenvalue weighted by molar-refractivity contribution is 7.90. The predicted octanol–water partition coefficient (Wildman–Crippen LogP) is 0.790. The third-order valence-electron chi connectivity index (χ3n) is 2.83. The molecular weight excluding hydrogens is 290 g/mol. The summed E-state index contributed by atoms with van der Waals surface area (Å²) >= 11 is 0. The van der Waals surface area contributed by atoms with Crippen molar-refractivity contribution in [3.8, 4) is 0 Å². The average molecular weight is 313 g/mol. The number of aliphatic imine (C=N–C) groups is 1. The molecule has 0 heterocycles. The fraction of sp³-hybridized carbons (Fsp3) is 0.500. The molecule has 1 aromatic rings. The van der Waals surface area contributed by atoms with Crippen molar-refractivity contribution in [3.63, 3.8) is 0 Å². The third kappa shape index (κ3) is 6.14. The minimum absolute atomic E-state index is 0.147. The minimum Gasteiger partial charge on any atom is -0.383 e. The fourth-order valence-electron chi connectivity index (χ4n) is 1.76. The van der Waals surface area contributed by atoms with E-state index in [2.05, 4.69) is 15.6 Å². The molecule has 6 nitrogen and oxygen atoms in total. The van der Waals surface area contributed by atoms with Gasteiger partial charge in [-0.25, -0.2) is 8.42 Å². The topological polar surface area (TPSA) is 79.8 Å². The van der Waals surface area contributed by atoms with Crippen LogP contribution in [0.15, 0.2) is 34.2 Å². The van der Waals surface area contributed by atoms with Gasteiger partial charge in [-0.3, -0.25) is 4.99 Å². The van der Waals surface area contributed by atoms with Gasteiger partial charge < -0.3 is 15.4 Å². The summed E-state index contributed by atoms with van der Waals surface area (Å²) in [6, 6.07) is 6.94. The maximum atomic E-state index is 11.4. The molecule has 2 N–H and O–H groups in total. The second-order valence-corrected chi connectivity index (χ2v) is 6.86. The summed E-state index contributed by atoms with van der Waals surface area (Å²) in [5.41, 5.74) is 0.977. The van der Waals surface area contributed by atoms with Crippen LogP contribution in [0.3, 0.4) is 0 Å². The van der Waals surface area contributed by atoms with Gasteiger partial charge in [0.1, 0.15) is 0 Å². The van der Waals surface area contributed by atoms with Gasteiger partial charge in [0.25, 0.3) is 0 Å². The van der Waals surface area contributed by atoms with E-state index in [0.717, 1.165) is 5.56 Å². The monoisotopic (exact) mass is 313 g/mol. The van der Waals surface area contributed by atoms with Crippen molar-refractivity contribution in [3.05, 3.63) is 29.8 Å². The van der Waals surface area contributed by atoms with Crippen molar-refractivity contribution >= 4 is 15.8 Å². The van der Waals surface area contributed by atoms with Crippen LogP contribution in [0, 0.1) is 0 Å². The van der Waals surface area contributed by atoms with E-state index < -0.39 is 9.84 Å². The first-order valence-electron chi connectivity index (χ1n) is 6.62. The number of guanidine groups is 1. The SMILES string of the molecule is CN=C(NCc1ccc(S(C)(=O)=O)cc1)NC(C)COC. The molecule has 0 amide bonds. The van der Waals surface area contributed by atoms with E-state index in [0.29, 0.717) is 24.0 Å². The molecular formula is C14H23N3O3S. The second-order valence-electron chi connectivity index (χ2n) is 4.84. The standard InChI is InChI=1S/C14H23N3O3S/c1-11(10-20-3)17-14(15-2)16-9-12-5-7-13(8-6-12)21(4,18)19/h5-8,11H,9-10H2,1-4H3,(H2,15,16,17). The normalized spacial score (nSPS) is 13.8. The van der Waals surface area contributed by atoms with Crippen LogP contribution < -0.4 is 10.6 Å². The molecule has 0 spiro atoms. The van der Waals surface area contributed by atoms with Gasteiger partial charge in [-0.1, -0.05) is 12.1 Å². The number of ether oxygens (including phenoxy) is 1. The Morgan fingerprint density at radius 2 is 1.95 bits per heavy atom. The Kier molecular flexibility index (Phi) is 6.64. The summed E-state index contributed by atoms with van der Waals surface area (Å²) in [5.74, 6) is 0.673. The van der Waals surface area contributed by atoms with Crippen molar-refractivity contribution in [1.29, 1.82) is 0 Å². The van der Waals surface area contributed by atoms with Crippen LogP contribution in [0.2, 0.25) is 0 Å². The number of hydrogen-bond acceptors (Lipinski definition) is 4. The summed E-state index contributed by atoms with van der Waals surface area (Å²) in [6.07, 6.45) is 1.20. The van der Waals surface area contributed by atoms with Crippen LogP contribution in [0.4, 0.5) is 0 Å². The number of sulfone groups is 1. The van der Waals surface area contributed by atoms with Crippen LogP contribution in [-0.4, -0.2) is 47.4 Å². The summed E-state index contributed by atoms with van der Waals surface area (Å²) in [5, 5.41) is 6.36. The predicted molar refractivity (Wildman–Crippen MR) is 84.2 cm³/mol. The highest BCUT2D eigenvalue weighted by Gasteiger charge is 2.07. The molecule has 7 heteroatoms. The molecule has 0 radical (unpaired) electrons. The number of hydrogen-bond donors (Lipinski definition) is 2. The molecule has 0 aliphatic heterocycles. The zero-order valence-electron chi connectivity index (χ0n) is 12.9. The lowest BCUT2D eigenvalue weighted by atomic mass is 10.2. The average Bonchev–Trinajstić information content (AvgIpc) is 2.43. The van der Waals surface area contributed by atoms with E-state index in [1.165, 1.54) is 6.26 Å². The zero-order valence-corrected chi connectivity index (χ0v) is 13.7. The van der Waals surface area contributed by atoms with Gasteiger partial charge in [-0.05, 0) is 24.6 Å². The number of nitrogens with one attached hydrogen (secondary N) is 2. The van der Waals surface area contributed by atoms with Gasteiger partial charge in [-0.15, -0.1) is 0 Å². The Bertz CT molecular complexity index is 568. The number of methoxy groups -OCH3 is 1. The Labute approximate surface area is 126 Å². The van der Waals surface area contributed by atoms with E-state index in [9.17, 15) is 8.42 Å². The summed E-state index contributed by atoms with van der Waals surface area (Å²) in [6.45, 7) is 3.14. The maximum absolute atomic E-state index is 11.4. The number of benzene rings is 1. The molecule has 118 valence electrons. The summed E-state index contributed by atoms with van der Waals surface area (Å²) < 4.78 is 27.8. The highest BCUT2D eigenvalue weighted by Crippen LogP contribution is 2.10. The summed E-state index contributed by atoms with van der Waals surface area (Å²) in [4.78, 5) is 4.45. The zero-order chi connectivity index (χ0) is 15.9. The quantitative estimate of drug-likeness (QED) is 0.599. The lowest BCUT2D eigenvalue weighted by Crippen LogP contribution is -2.43. The first-order chi connectivity index (χ1) is 9.86. The fourth-order valence-corrected chi connectivity index (χ4v) is 2.39. The first kappa shape index (κ1) is 17.5.